The van der Waals surface area contributed by atoms with Gasteiger partial charge in [-0.1, -0.05) is 6.08 Å². The molecule has 1 amide bonds. The van der Waals surface area contributed by atoms with Crippen LogP contribution in [0, 0.1) is 0 Å². The number of carbonyl (C=O) groups is 2. The van der Waals surface area contributed by atoms with Crippen molar-refractivity contribution in [1.82, 2.24) is 9.88 Å². The Balaban J connectivity index is 2.13. The van der Waals surface area contributed by atoms with Crippen molar-refractivity contribution in [3.8, 4) is 0 Å². The Hall–Kier alpha value is -2.57. The van der Waals surface area contributed by atoms with Gasteiger partial charge in [0.2, 0.25) is 0 Å². The molecule has 0 atom stereocenters. The van der Waals surface area contributed by atoms with Gasteiger partial charge in [0.1, 0.15) is 17.0 Å². The van der Waals surface area contributed by atoms with Crippen LogP contribution in [0.25, 0.3) is 5.57 Å². The molecule has 1 aromatic heterocycles. The van der Waals surface area contributed by atoms with Crippen molar-refractivity contribution in [3.05, 3.63) is 29.5 Å². The SMILES string of the molecule is COC(=O)c1cc(C2=CCN(C(=O)OC(C)(C)C)CC2)cnc1N. The van der Waals surface area contributed by atoms with Crippen molar-refractivity contribution in [3.63, 3.8) is 0 Å². The van der Waals surface area contributed by atoms with Crippen LogP contribution < -0.4 is 5.73 Å². The van der Waals surface area contributed by atoms with E-state index in [9.17, 15) is 9.59 Å². The number of aromatic nitrogens is 1. The van der Waals surface area contributed by atoms with Crippen molar-refractivity contribution < 1.29 is 19.1 Å². The van der Waals surface area contributed by atoms with Gasteiger partial charge < -0.3 is 20.1 Å². The smallest absolute Gasteiger partial charge is 0.410 e. The highest BCUT2D eigenvalue weighted by Crippen LogP contribution is 2.25. The molecule has 1 aliphatic rings. The van der Waals surface area contributed by atoms with E-state index in [4.69, 9.17) is 15.2 Å². The number of nitrogens with zero attached hydrogens (tertiary/aromatic N) is 2. The monoisotopic (exact) mass is 333 g/mol. The van der Waals surface area contributed by atoms with Gasteiger partial charge in [-0.2, -0.15) is 0 Å². The summed E-state index contributed by atoms with van der Waals surface area (Å²) in [6, 6.07) is 1.67. The molecule has 1 aromatic rings. The third kappa shape index (κ3) is 4.24. The third-order valence-corrected chi connectivity index (χ3v) is 3.56. The summed E-state index contributed by atoms with van der Waals surface area (Å²) in [5.74, 6) is -0.383. The summed E-state index contributed by atoms with van der Waals surface area (Å²) in [5, 5.41) is 0. The molecule has 0 radical (unpaired) electrons. The molecule has 0 saturated heterocycles. The fraction of sp³-hybridized carbons (Fsp3) is 0.471. The zero-order chi connectivity index (χ0) is 17.9. The van der Waals surface area contributed by atoms with Crippen LogP contribution in [0.3, 0.4) is 0 Å². The van der Waals surface area contributed by atoms with Crippen molar-refractivity contribution in [2.24, 2.45) is 0 Å². The Morgan fingerprint density at radius 2 is 2.04 bits per heavy atom. The summed E-state index contributed by atoms with van der Waals surface area (Å²) in [5.41, 5.74) is 7.25. The van der Waals surface area contributed by atoms with E-state index in [1.54, 1.807) is 17.2 Å². The lowest BCUT2D eigenvalue weighted by Gasteiger charge is -2.29. The van der Waals surface area contributed by atoms with Gasteiger partial charge in [-0.05, 0) is 44.4 Å². The van der Waals surface area contributed by atoms with E-state index in [1.165, 1.54) is 7.11 Å². The van der Waals surface area contributed by atoms with E-state index in [0.717, 1.165) is 11.1 Å². The standard InChI is InChI=1S/C17H23N3O4/c1-17(2,3)24-16(22)20-7-5-11(6-8-20)12-9-13(15(21)23-4)14(18)19-10-12/h5,9-10H,6-8H2,1-4H3,(H2,18,19). The van der Waals surface area contributed by atoms with Crippen LogP contribution in [0.4, 0.5) is 10.6 Å². The Bertz CT molecular complexity index is 677. The van der Waals surface area contributed by atoms with Gasteiger partial charge in [0, 0.05) is 19.3 Å². The first kappa shape index (κ1) is 17.8. The maximum Gasteiger partial charge on any atom is 0.410 e. The maximum atomic E-state index is 12.1. The van der Waals surface area contributed by atoms with Gasteiger partial charge in [-0.25, -0.2) is 14.6 Å². The number of amides is 1. The third-order valence-electron chi connectivity index (χ3n) is 3.56. The number of nitrogens with two attached hydrogens (primary N) is 1. The van der Waals surface area contributed by atoms with Crippen molar-refractivity contribution in [2.75, 3.05) is 25.9 Å². The molecule has 2 heterocycles. The predicted octanol–water partition coefficient (Wildman–Crippen LogP) is 2.47. The minimum atomic E-state index is -0.520. The van der Waals surface area contributed by atoms with Crippen LogP contribution in [0.2, 0.25) is 0 Å². The minimum absolute atomic E-state index is 0.136. The fourth-order valence-corrected chi connectivity index (χ4v) is 2.35. The van der Waals surface area contributed by atoms with E-state index < -0.39 is 11.6 Å². The first-order valence-electron chi connectivity index (χ1n) is 7.72. The molecule has 130 valence electrons. The predicted molar refractivity (Wildman–Crippen MR) is 90.4 cm³/mol. The molecule has 0 aromatic carbocycles. The second-order valence-corrected chi connectivity index (χ2v) is 6.55. The molecule has 0 aliphatic carbocycles. The number of hydrogen-bond acceptors (Lipinski definition) is 6. The van der Waals surface area contributed by atoms with Gasteiger partial charge in [0.15, 0.2) is 0 Å². The molecule has 7 heteroatoms. The largest absolute Gasteiger partial charge is 0.465 e. The summed E-state index contributed by atoms with van der Waals surface area (Å²) in [6.45, 7) is 6.50. The summed E-state index contributed by atoms with van der Waals surface area (Å²) in [7, 11) is 1.30. The molecule has 0 spiro atoms. The highest BCUT2D eigenvalue weighted by Gasteiger charge is 2.24. The molecule has 0 unspecified atom stereocenters. The van der Waals surface area contributed by atoms with Crippen molar-refractivity contribution in [2.45, 2.75) is 32.8 Å². The normalized spacial score (nSPS) is 14.8. The number of ether oxygens (including phenoxy) is 2. The lowest BCUT2D eigenvalue weighted by Crippen LogP contribution is -2.39. The van der Waals surface area contributed by atoms with Gasteiger partial charge in [0.25, 0.3) is 0 Å². The van der Waals surface area contributed by atoms with E-state index in [-0.39, 0.29) is 17.5 Å². The first-order chi connectivity index (χ1) is 11.2. The summed E-state index contributed by atoms with van der Waals surface area (Å²) in [6.07, 6.45) is 3.87. The molecule has 2 N–H and O–H groups in total. The molecule has 1 aliphatic heterocycles. The number of esters is 1. The van der Waals surface area contributed by atoms with E-state index in [2.05, 4.69) is 4.98 Å². The highest BCUT2D eigenvalue weighted by atomic mass is 16.6. The quantitative estimate of drug-likeness (QED) is 0.836. The minimum Gasteiger partial charge on any atom is -0.465 e. The van der Waals surface area contributed by atoms with Gasteiger partial charge in [0.05, 0.1) is 7.11 Å². The fourth-order valence-electron chi connectivity index (χ4n) is 2.35. The Kier molecular flexibility index (Phi) is 5.11. The molecule has 0 bridgehead atoms. The van der Waals surface area contributed by atoms with E-state index in [0.29, 0.717) is 19.5 Å². The molecule has 0 fully saturated rings. The number of hydrogen-bond donors (Lipinski definition) is 1. The van der Waals surface area contributed by atoms with Crippen molar-refractivity contribution >= 4 is 23.5 Å². The highest BCUT2D eigenvalue weighted by molar-refractivity contribution is 5.95. The van der Waals surface area contributed by atoms with Crippen LogP contribution >= 0.6 is 0 Å². The number of methoxy groups -OCH3 is 1. The summed E-state index contributed by atoms with van der Waals surface area (Å²) in [4.78, 5) is 29.5. The second kappa shape index (κ2) is 6.90. The number of anilines is 1. The Labute approximate surface area is 141 Å². The summed E-state index contributed by atoms with van der Waals surface area (Å²) >= 11 is 0. The van der Waals surface area contributed by atoms with Crippen LogP contribution in [0.1, 0.15) is 43.1 Å². The average molecular weight is 333 g/mol. The number of nitrogen functional groups attached to an aromatic ring is 1. The summed E-state index contributed by atoms with van der Waals surface area (Å²) < 4.78 is 10.1. The Morgan fingerprint density at radius 1 is 1.33 bits per heavy atom. The molecular weight excluding hydrogens is 310 g/mol. The molecule has 2 rings (SSSR count). The van der Waals surface area contributed by atoms with Gasteiger partial charge in [-0.15, -0.1) is 0 Å². The van der Waals surface area contributed by atoms with Crippen LogP contribution in [-0.4, -0.2) is 47.7 Å². The number of rotatable bonds is 2. The van der Waals surface area contributed by atoms with Crippen LogP contribution in [0.5, 0.6) is 0 Å². The van der Waals surface area contributed by atoms with E-state index in [1.807, 2.05) is 26.8 Å². The second-order valence-electron chi connectivity index (χ2n) is 6.55. The lowest BCUT2D eigenvalue weighted by molar-refractivity contribution is 0.0270. The maximum absolute atomic E-state index is 12.1. The zero-order valence-corrected chi connectivity index (χ0v) is 14.5. The number of carbonyl (C=O) groups excluding carboxylic acids is 2. The molecule has 7 nitrogen and oxygen atoms in total. The van der Waals surface area contributed by atoms with Gasteiger partial charge in [-0.3, -0.25) is 0 Å². The van der Waals surface area contributed by atoms with Crippen LogP contribution in [0.15, 0.2) is 18.3 Å². The molecule has 0 saturated carbocycles. The van der Waals surface area contributed by atoms with Crippen molar-refractivity contribution in [1.29, 1.82) is 0 Å². The van der Waals surface area contributed by atoms with Crippen LogP contribution in [-0.2, 0) is 9.47 Å². The average Bonchev–Trinajstić information content (AvgIpc) is 2.53. The van der Waals surface area contributed by atoms with E-state index >= 15 is 0 Å². The topological polar surface area (TPSA) is 94.8 Å². The first-order valence-corrected chi connectivity index (χ1v) is 7.72. The zero-order valence-electron chi connectivity index (χ0n) is 14.5. The molecular formula is C17H23N3O4. The van der Waals surface area contributed by atoms with Gasteiger partial charge >= 0.3 is 12.1 Å². The Morgan fingerprint density at radius 3 is 2.58 bits per heavy atom. The lowest BCUT2D eigenvalue weighted by atomic mass is 9.99. The molecule has 24 heavy (non-hydrogen) atoms. The number of pyridine rings is 1.